The Bertz CT molecular complexity index is 900. The second-order valence-corrected chi connectivity index (χ2v) is 9.52. The summed E-state index contributed by atoms with van der Waals surface area (Å²) in [7, 11) is 0. The molecular formula is C24H28BrClN2O3. The van der Waals surface area contributed by atoms with Gasteiger partial charge in [-0.25, -0.2) is 4.79 Å². The van der Waals surface area contributed by atoms with Gasteiger partial charge in [-0.05, 0) is 93.2 Å². The largest absolute Gasteiger partial charge is 0.494 e. The lowest BCUT2D eigenvalue weighted by atomic mass is 9.90. The Hall–Kier alpha value is -1.76. The first kappa shape index (κ1) is 22.4. The van der Waals surface area contributed by atoms with Crippen molar-refractivity contribution < 1.29 is 14.3 Å². The van der Waals surface area contributed by atoms with Crippen molar-refractivity contribution >= 4 is 39.3 Å². The summed E-state index contributed by atoms with van der Waals surface area (Å²) in [5.41, 5.74) is 2.14. The van der Waals surface area contributed by atoms with E-state index in [0.29, 0.717) is 24.1 Å². The van der Waals surface area contributed by atoms with Gasteiger partial charge in [0.05, 0.1) is 13.2 Å². The van der Waals surface area contributed by atoms with E-state index in [4.69, 9.17) is 21.1 Å². The lowest BCUT2D eigenvalue weighted by Gasteiger charge is -2.33. The number of carbonyl (C=O) groups is 1. The van der Waals surface area contributed by atoms with Gasteiger partial charge in [0.15, 0.2) is 0 Å². The third-order valence-corrected chi connectivity index (χ3v) is 7.04. The maximum Gasteiger partial charge on any atom is 0.414 e. The molecule has 2 aromatic rings. The van der Waals surface area contributed by atoms with E-state index in [2.05, 4.69) is 33.0 Å². The smallest absolute Gasteiger partial charge is 0.414 e. The van der Waals surface area contributed by atoms with Gasteiger partial charge in [0.1, 0.15) is 11.9 Å². The zero-order valence-corrected chi connectivity index (χ0v) is 20.1. The Morgan fingerprint density at radius 1 is 1.16 bits per heavy atom. The van der Waals surface area contributed by atoms with Gasteiger partial charge in [-0.3, -0.25) is 9.80 Å². The fourth-order valence-electron chi connectivity index (χ4n) is 4.38. The second kappa shape index (κ2) is 10.2. The van der Waals surface area contributed by atoms with Crippen LogP contribution in [0.1, 0.15) is 25.3 Å². The Morgan fingerprint density at radius 2 is 1.90 bits per heavy atom. The van der Waals surface area contributed by atoms with Crippen LogP contribution in [0.4, 0.5) is 10.5 Å². The van der Waals surface area contributed by atoms with Crippen LogP contribution in [0, 0.1) is 5.92 Å². The summed E-state index contributed by atoms with van der Waals surface area (Å²) in [6.45, 7) is 6.11. The van der Waals surface area contributed by atoms with Crippen molar-refractivity contribution in [1.29, 1.82) is 0 Å². The van der Waals surface area contributed by atoms with Crippen LogP contribution in [0.5, 0.6) is 5.75 Å². The fraction of sp³-hybridized carbons (Fsp3) is 0.458. The van der Waals surface area contributed by atoms with E-state index in [1.54, 1.807) is 17.0 Å². The van der Waals surface area contributed by atoms with Gasteiger partial charge < -0.3 is 9.47 Å². The van der Waals surface area contributed by atoms with Gasteiger partial charge in [0, 0.05) is 21.7 Å². The molecular weight excluding hydrogens is 480 g/mol. The van der Waals surface area contributed by atoms with Crippen LogP contribution in [0.15, 0.2) is 46.9 Å². The van der Waals surface area contributed by atoms with Gasteiger partial charge in [-0.15, -0.1) is 0 Å². The maximum absolute atomic E-state index is 12.3. The molecule has 7 heteroatoms. The molecule has 2 fully saturated rings. The first-order chi connectivity index (χ1) is 15.0. The molecule has 0 aromatic heterocycles. The lowest BCUT2D eigenvalue weighted by Crippen LogP contribution is -2.40. The molecule has 31 heavy (non-hydrogen) atoms. The third-order valence-electron chi connectivity index (χ3n) is 6.02. The number of cyclic esters (lactones) is 1. The van der Waals surface area contributed by atoms with Gasteiger partial charge in [-0.2, -0.15) is 0 Å². The first-order valence-corrected chi connectivity index (χ1v) is 12.1. The minimum atomic E-state index is -0.277. The quantitative estimate of drug-likeness (QED) is 0.476. The van der Waals surface area contributed by atoms with E-state index >= 15 is 0 Å². The van der Waals surface area contributed by atoms with Gasteiger partial charge in [-0.1, -0.05) is 27.5 Å². The molecule has 5 nitrogen and oxygen atoms in total. The molecule has 0 spiro atoms. The van der Waals surface area contributed by atoms with Crippen LogP contribution in [0.2, 0.25) is 5.02 Å². The topological polar surface area (TPSA) is 42.0 Å². The summed E-state index contributed by atoms with van der Waals surface area (Å²) < 4.78 is 12.4. The summed E-state index contributed by atoms with van der Waals surface area (Å²) >= 11 is 9.64. The number of hydrogen-bond donors (Lipinski definition) is 0. The molecule has 0 bridgehead atoms. The second-order valence-electron chi connectivity index (χ2n) is 8.23. The van der Waals surface area contributed by atoms with E-state index in [0.717, 1.165) is 54.8 Å². The van der Waals surface area contributed by atoms with Crippen molar-refractivity contribution in [3.63, 3.8) is 0 Å². The predicted molar refractivity (Wildman–Crippen MR) is 127 cm³/mol. The molecule has 1 atom stereocenters. The highest BCUT2D eigenvalue weighted by Crippen LogP contribution is 2.30. The summed E-state index contributed by atoms with van der Waals surface area (Å²) in [4.78, 5) is 16.4. The molecule has 1 amide bonds. The molecule has 2 saturated heterocycles. The number of nitrogens with zero attached hydrogens (tertiary/aromatic N) is 2. The Labute approximate surface area is 197 Å². The van der Waals surface area contributed by atoms with Crippen LogP contribution < -0.4 is 9.64 Å². The van der Waals surface area contributed by atoms with Crippen molar-refractivity contribution in [2.75, 3.05) is 37.7 Å². The summed E-state index contributed by atoms with van der Waals surface area (Å²) in [5, 5.41) is 0.660. The number of likely N-dealkylation sites (tertiary alicyclic amines) is 1. The van der Waals surface area contributed by atoms with Crippen molar-refractivity contribution in [3.8, 4) is 5.75 Å². The molecule has 0 aliphatic carbocycles. The number of rotatable bonds is 7. The average Bonchev–Trinajstić information content (AvgIpc) is 3.12. The summed E-state index contributed by atoms with van der Waals surface area (Å²) in [5.74, 6) is 1.59. The molecule has 0 N–H and O–H groups in total. The standard InChI is InChI=1S/C24H28BrClN2O3/c1-2-30-21-7-8-23(25)18(14-21)13-17-9-11-27(12-10-17)15-22-16-28(24(29)31-22)20-5-3-19(26)4-6-20/h3-8,14,17,22H,2,9-13,15-16H2,1H3. The van der Waals surface area contributed by atoms with Crippen LogP contribution in [0.3, 0.4) is 0 Å². The zero-order valence-electron chi connectivity index (χ0n) is 17.7. The predicted octanol–water partition coefficient (Wildman–Crippen LogP) is 5.78. The van der Waals surface area contributed by atoms with E-state index in [9.17, 15) is 4.79 Å². The molecule has 0 saturated carbocycles. The van der Waals surface area contributed by atoms with E-state index in [1.807, 2.05) is 25.1 Å². The summed E-state index contributed by atoms with van der Waals surface area (Å²) in [6.07, 6.45) is 2.97. The normalized spacial score (nSPS) is 20.2. The number of hydrogen-bond acceptors (Lipinski definition) is 4. The number of amides is 1. The summed E-state index contributed by atoms with van der Waals surface area (Å²) in [6, 6.07) is 13.6. The first-order valence-electron chi connectivity index (χ1n) is 10.9. The average molecular weight is 508 g/mol. The van der Waals surface area contributed by atoms with Crippen LogP contribution >= 0.6 is 27.5 Å². The molecule has 166 valence electrons. The Balaban J connectivity index is 1.26. The van der Waals surface area contributed by atoms with Crippen LogP contribution in [-0.2, 0) is 11.2 Å². The van der Waals surface area contributed by atoms with Crippen molar-refractivity contribution in [2.24, 2.45) is 5.92 Å². The van der Waals surface area contributed by atoms with Crippen molar-refractivity contribution in [3.05, 3.63) is 57.5 Å². The number of piperidine rings is 1. The lowest BCUT2D eigenvalue weighted by molar-refractivity contribution is 0.0914. The highest BCUT2D eigenvalue weighted by molar-refractivity contribution is 9.10. The van der Waals surface area contributed by atoms with Gasteiger partial charge in [0.25, 0.3) is 0 Å². The highest BCUT2D eigenvalue weighted by Gasteiger charge is 2.34. The molecule has 4 rings (SSSR count). The molecule has 2 heterocycles. The molecule has 1 unspecified atom stereocenters. The number of carbonyl (C=O) groups excluding carboxylic acids is 1. The minimum absolute atomic E-state index is 0.100. The van der Waals surface area contributed by atoms with E-state index in [1.165, 1.54) is 5.56 Å². The van der Waals surface area contributed by atoms with Gasteiger partial charge in [0.2, 0.25) is 0 Å². The zero-order chi connectivity index (χ0) is 21.8. The molecule has 2 aliphatic heterocycles. The Kier molecular flexibility index (Phi) is 7.41. The minimum Gasteiger partial charge on any atom is -0.494 e. The van der Waals surface area contributed by atoms with Crippen LogP contribution in [-0.4, -0.2) is 49.9 Å². The highest BCUT2D eigenvalue weighted by atomic mass is 79.9. The third kappa shape index (κ3) is 5.73. The monoisotopic (exact) mass is 506 g/mol. The number of benzene rings is 2. The van der Waals surface area contributed by atoms with Crippen molar-refractivity contribution in [2.45, 2.75) is 32.3 Å². The molecule has 0 radical (unpaired) electrons. The van der Waals surface area contributed by atoms with Crippen molar-refractivity contribution in [1.82, 2.24) is 4.90 Å². The SMILES string of the molecule is CCOc1ccc(Br)c(CC2CCN(CC3CN(c4ccc(Cl)cc4)C(=O)O3)CC2)c1. The van der Waals surface area contributed by atoms with E-state index in [-0.39, 0.29) is 12.2 Å². The van der Waals surface area contributed by atoms with E-state index < -0.39 is 0 Å². The Morgan fingerprint density at radius 3 is 2.61 bits per heavy atom. The van der Waals surface area contributed by atoms with Crippen LogP contribution in [0.25, 0.3) is 0 Å². The number of halogens is 2. The molecule has 2 aromatic carbocycles. The molecule has 2 aliphatic rings. The number of ether oxygens (including phenoxy) is 2. The van der Waals surface area contributed by atoms with Gasteiger partial charge >= 0.3 is 6.09 Å². The fourth-order valence-corrected chi connectivity index (χ4v) is 4.92. The number of anilines is 1. The maximum atomic E-state index is 12.3.